The van der Waals surface area contributed by atoms with Crippen molar-refractivity contribution in [1.29, 1.82) is 0 Å². The SMILES string of the molecule is [CH2]CCSC(C)(c1ccccc1)N(C)C. The normalized spacial score (nSPS) is 15.3. The lowest BCUT2D eigenvalue weighted by molar-refractivity contribution is 0.282. The number of hydrogen-bond acceptors (Lipinski definition) is 2. The molecule has 0 fully saturated rings. The minimum absolute atomic E-state index is 0.0545. The van der Waals surface area contributed by atoms with Gasteiger partial charge in [-0.1, -0.05) is 37.3 Å². The standard InChI is InChI=1S/C13H20NS/c1-5-11-15-13(2,14(3)4)12-9-7-6-8-10-12/h6-10H,1,5,11H2,2-4H3. The molecule has 2 heteroatoms. The van der Waals surface area contributed by atoms with Gasteiger partial charge in [-0.05, 0) is 38.8 Å². The lowest BCUT2D eigenvalue weighted by Gasteiger charge is -2.36. The molecule has 0 saturated carbocycles. The minimum atomic E-state index is 0.0545. The summed E-state index contributed by atoms with van der Waals surface area (Å²) in [6, 6.07) is 10.6. The second kappa shape index (κ2) is 5.57. The second-order valence-electron chi connectivity index (χ2n) is 3.95. The van der Waals surface area contributed by atoms with E-state index >= 15 is 0 Å². The van der Waals surface area contributed by atoms with Crippen LogP contribution in [0.1, 0.15) is 18.9 Å². The first-order valence-corrected chi connectivity index (χ1v) is 6.26. The number of benzene rings is 1. The molecule has 15 heavy (non-hydrogen) atoms. The fourth-order valence-corrected chi connectivity index (χ4v) is 2.59. The third kappa shape index (κ3) is 2.99. The molecule has 0 aliphatic carbocycles. The minimum Gasteiger partial charge on any atom is -0.292 e. The molecule has 0 heterocycles. The van der Waals surface area contributed by atoms with E-state index in [0.29, 0.717) is 0 Å². The zero-order valence-electron chi connectivity index (χ0n) is 9.86. The monoisotopic (exact) mass is 222 g/mol. The molecule has 1 nitrogen and oxygen atoms in total. The molecule has 1 aromatic rings. The van der Waals surface area contributed by atoms with Crippen molar-refractivity contribution < 1.29 is 0 Å². The van der Waals surface area contributed by atoms with Crippen LogP contribution in [-0.4, -0.2) is 24.7 Å². The van der Waals surface area contributed by atoms with E-state index in [-0.39, 0.29) is 4.87 Å². The van der Waals surface area contributed by atoms with Gasteiger partial charge in [0.15, 0.2) is 0 Å². The van der Waals surface area contributed by atoms with Gasteiger partial charge < -0.3 is 0 Å². The van der Waals surface area contributed by atoms with Crippen LogP contribution in [0.5, 0.6) is 0 Å². The van der Waals surface area contributed by atoms with E-state index in [1.165, 1.54) is 5.56 Å². The first-order valence-electron chi connectivity index (χ1n) is 5.27. The van der Waals surface area contributed by atoms with Crippen molar-refractivity contribution in [3.05, 3.63) is 42.8 Å². The van der Waals surface area contributed by atoms with Gasteiger partial charge in [-0.25, -0.2) is 0 Å². The smallest absolute Gasteiger partial charge is 0.0892 e. The van der Waals surface area contributed by atoms with Gasteiger partial charge in [-0.15, -0.1) is 11.8 Å². The molecule has 83 valence electrons. The lowest BCUT2D eigenvalue weighted by atomic mass is 10.1. The van der Waals surface area contributed by atoms with Crippen LogP contribution in [0.3, 0.4) is 0 Å². The van der Waals surface area contributed by atoms with Crippen LogP contribution in [0.25, 0.3) is 0 Å². The Morgan fingerprint density at radius 1 is 1.27 bits per heavy atom. The highest BCUT2D eigenvalue weighted by Gasteiger charge is 2.28. The van der Waals surface area contributed by atoms with Crippen molar-refractivity contribution in [3.63, 3.8) is 0 Å². The number of thioether (sulfide) groups is 1. The van der Waals surface area contributed by atoms with Gasteiger partial charge in [0.2, 0.25) is 0 Å². The molecular weight excluding hydrogens is 202 g/mol. The fraction of sp³-hybridized carbons (Fsp3) is 0.462. The third-order valence-electron chi connectivity index (χ3n) is 2.69. The zero-order chi connectivity index (χ0) is 11.3. The molecule has 1 rings (SSSR count). The van der Waals surface area contributed by atoms with Crippen LogP contribution >= 0.6 is 11.8 Å². The molecule has 0 aliphatic heterocycles. The summed E-state index contributed by atoms with van der Waals surface area (Å²) in [7, 11) is 4.26. The van der Waals surface area contributed by atoms with E-state index in [1.54, 1.807) is 0 Å². The van der Waals surface area contributed by atoms with Gasteiger partial charge in [-0.2, -0.15) is 0 Å². The van der Waals surface area contributed by atoms with E-state index < -0.39 is 0 Å². The Bertz CT molecular complexity index is 284. The summed E-state index contributed by atoms with van der Waals surface area (Å²) in [4.78, 5) is 2.32. The molecule has 0 spiro atoms. The maximum absolute atomic E-state index is 3.90. The zero-order valence-corrected chi connectivity index (χ0v) is 10.7. The van der Waals surface area contributed by atoms with Gasteiger partial charge in [0.1, 0.15) is 0 Å². The van der Waals surface area contributed by atoms with E-state index in [2.05, 4.69) is 63.2 Å². The highest BCUT2D eigenvalue weighted by molar-refractivity contribution is 8.00. The van der Waals surface area contributed by atoms with Gasteiger partial charge in [0.05, 0.1) is 4.87 Å². The molecule has 1 aromatic carbocycles. The Morgan fingerprint density at radius 2 is 1.87 bits per heavy atom. The van der Waals surface area contributed by atoms with E-state index in [0.717, 1.165) is 12.2 Å². The molecule has 0 N–H and O–H groups in total. The van der Waals surface area contributed by atoms with Gasteiger partial charge >= 0.3 is 0 Å². The lowest BCUT2D eigenvalue weighted by Crippen LogP contribution is -2.35. The van der Waals surface area contributed by atoms with Crippen LogP contribution < -0.4 is 0 Å². The van der Waals surface area contributed by atoms with Crippen molar-refractivity contribution in [2.75, 3.05) is 19.8 Å². The van der Waals surface area contributed by atoms with Crippen LogP contribution in [0, 0.1) is 6.92 Å². The average Bonchev–Trinajstić information content (AvgIpc) is 2.27. The Labute approximate surface area is 97.9 Å². The Balaban J connectivity index is 2.91. The quantitative estimate of drug-likeness (QED) is 0.703. The van der Waals surface area contributed by atoms with Crippen LogP contribution in [0.15, 0.2) is 30.3 Å². The summed E-state index contributed by atoms with van der Waals surface area (Å²) in [6.45, 7) is 6.17. The summed E-state index contributed by atoms with van der Waals surface area (Å²) in [6.07, 6.45) is 0.973. The summed E-state index contributed by atoms with van der Waals surface area (Å²) in [5.74, 6) is 1.09. The highest BCUT2D eigenvalue weighted by Crippen LogP contribution is 2.37. The molecule has 0 bridgehead atoms. The Morgan fingerprint density at radius 3 is 2.33 bits per heavy atom. The molecule has 0 aliphatic rings. The summed E-state index contributed by atoms with van der Waals surface area (Å²) >= 11 is 1.95. The first kappa shape index (κ1) is 12.6. The fourth-order valence-electron chi connectivity index (χ4n) is 1.49. The van der Waals surface area contributed by atoms with Crippen molar-refractivity contribution in [2.45, 2.75) is 18.2 Å². The highest BCUT2D eigenvalue weighted by atomic mass is 32.2. The Kier molecular flexibility index (Phi) is 4.68. The maximum Gasteiger partial charge on any atom is 0.0892 e. The van der Waals surface area contributed by atoms with Crippen LogP contribution in [-0.2, 0) is 4.87 Å². The molecule has 1 radical (unpaired) electrons. The first-order chi connectivity index (χ1) is 7.11. The van der Waals surface area contributed by atoms with Crippen molar-refractivity contribution in [1.82, 2.24) is 4.90 Å². The summed E-state index contributed by atoms with van der Waals surface area (Å²) in [5.41, 5.74) is 1.36. The predicted molar refractivity (Wildman–Crippen MR) is 69.9 cm³/mol. The topological polar surface area (TPSA) is 3.24 Å². The van der Waals surface area contributed by atoms with Crippen LogP contribution in [0.2, 0.25) is 0 Å². The molecule has 0 saturated heterocycles. The summed E-state index contributed by atoms with van der Waals surface area (Å²) in [5, 5.41) is 0. The van der Waals surface area contributed by atoms with E-state index in [1.807, 2.05) is 11.8 Å². The van der Waals surface area contributed by atoms with E-state index in [9.17, 15) is 0 Å². The van der Waals surface area contributed by atoms with Crippen molar-refractivity contribution >= 4 is 11.8 Å². The molecular formula is C13H20NS. The van der Waals surface area contributed by atoms with Gasteiger partial charge in [0, 0.05) is 0 Å². The molecule has 1 unspecified atom stereocenters. The molecule has 0 amide bonds. The number of rotatable bonds is 5. The predicted octanol–water partition coefficient (Wildman–Crippen LogP) is 3.38. The van der Waals surface area contributed by atoms with Gasteiger partial charge in [-0.3, -0.25) is 4.90 Å². The maximum atomic E-state index is 3.90. The largest absolute Gasteiger partial charge is 0.292 e. The van der Waals surface area contributed by atoms with Crippen LogP contribution in [0.4, 0.5) is 0 Å². The van der Waals surface area contributed by atoms with Crippen molar-refractivity contribution in [3.8, 4) is 0 Å². The number of nitrogens with zero attached hydrogens (tertiary/aromatic N) is 1. The summed E-state index contributed by atoms with van der Waals surface area (Å²) < 4.78 is 0. The average molecular weight is 222 g/mol. The van der Waals surface area contributed by atoms with Crippen molar-refractivity contribution in [2.24, 2.45) is 0 Å². The molecule has 0 aromatic heterocycles. The van der Waals surface area contributed by atoms with Gasteiger partial charge in [0.25, 0.3) is 0 Å². The molecule has 1 atom stereocenters. The number of hydrogen-bond donors (Lipinski definition) is 0. The second-order valence-corrected chi connectivity index (χ2v) is 5.44. The van der Waals surface area contributed by atoms with E-state index in [4.69, 9.17) is 0 Å². The Hall–Kier alpha value is -0.470. The third-order valence-corrected chi connectivity index (χ3v) is 4.35.